The molecule has 7 nitrogen and oxygen atoms in total. The number of alkyl halides is 2. The predicted octanol–water partition coefficient (Wildman–Crippen LogP) is 4.33. The molecule has 2 aromatic heterocycles. The van der Waals surface area contributed by atoms with Crippen molar-refractivity contribution in [3.05, 3.63) is 62.5 Å². The third kappa shape index (κ3) is 4.51. The average molecular weight is 489 g/mol. The largest absolute Gasteiger partial charge is 0.350 e. The van der Waals surface area contributed by atoms with Gasteiger partial charge >= 0.3 is 0 Å². The van der Waals surface area contributed by atoms with Crippen molar-refractivity contribution in [3.63, 3.8) is 0 Å². The van der Waals surface area contributed by atoms with Crippen molar-refractivity contribution in [2.45, 2.75) is 39.2 Å². The van der Waals surface area contributed by atoms with Gasteiger partial charge in [-0.3, -0.25) is 14.4 Å². The van der Waals surface area contributed by atoms with E-state index in [9.17, 15) is 18.8 Å². The first-order chi connectivity index (χ1) is 15.8. The lowest BCUT2D eigenvalue weighted by Crippen LogP contribution is -2.29. The van der Waals surface area contributed by atoms with Gasteiger partial charge in [0.2, 0.25) is 5.91 Å². The number of thiophene rings is 1. The molecule has 0 saturated carbocycles. The summed E-state index contributed by atoms with van der Waals surface area (Å²) in [5.74, 6) is 0.482. The van der Waals surface area contributed by atoms with Gasteiger partial charge in [0.25, 0.3) is 6.43 Å². The van der Waals surface area contributed by atoms with E-state index < -0.39 is 24.9 Å². The molecular weight excluding hydrogens is 470 g/mol. The molecule has 0 bridgehead atoms. The monoisotopic (exact) mass is 488 g/mol. The first kappa shape index (κ1) is 23.0. The number of nitriles is 1. The molecule has 0 saturated heterocycles. The van der Waals surface area contributed by atoms with Crippen LogP contribution in [0.1, 0.15) is 45.7 Å². The molecule has 3 heterocycles. The van der Waals surface area contributed by atoms with Crippen molar-refractivity contribution in [1.82, 2.24) is 20.1 Å². The highest BCUT2D eigenvalue weighted by Crippen LogP contribution is 2.40. The van der Waals surface area contributed by atoms with E-state index in [1.165, 1.54) is 11.3 Å². The van der Waals surface area contributed by atoms with Gasteiger partial charge in [-0.25, -0.2) is 8.78 Å². The lowest BCUT2D eigenvalue weighted by molar-refractivity contribution is -0.122. The number of nitrogens with zero attached hydrogens (tertiary/aromatic N) is 5. The number of aryl methyl sites for hydroxylation is 1. The number of benzene rings is 1. The zero-order valence-electron chi connectivity index (χ0n) is 17.8. The summed E-state index contributed by atoms with van der Waals surface area (Å²) in [6.07, 6.45) is -2.57. The molecule has 3 aromatic rings. The van der Waals surface area contributed by atoms with Crippen LogP contribution >= 0.6 is 22.9 Å². The number of halogens is 3. The maximum absolute atomic E-state index is 12.6. The molecule has 33 heavy (non-hydrogen) atoms. The number of carbonyl (C=O) groups excluding carboxylic acids is 1. The Morgan fingerprint density at radius 2 is 2.03 bits per heavy atom. The average Bonchev–Trinajstić information content (AvgIpc) is 3.26. The summed E-state index contributed by atoms with van der Waals surface area (Å²) < 4.78 is 27.0. The Morgan fingerprint density at radius 3 is 2.70 bits per heavy atom. The second-order valence-electron chi connectivity index (χ2n) is 7.51. The van der Waals surface area contributed by atoms with Gasteiger partial charge in [-0.05, 0) is 31.5 Å². The van der Waals surface area contributed by atoms with Gasteiger partial charge in [-0.15, -0.1) is 21.5 Å². The fourth-order valence-electron chi connectivity index (χ4n) is 3.75. The Hall–Kier alpha value is -3.16. The number of amides is 1. The van der Waals surface area contributed by atoms with Crippen LogP contribution in [0.4, 0.5) is 8.78 Å². The van der Waals surface area contributed by atoms with Gasteiger partial charge in [0.05, 0.1) is 31.2 Å². The summed E-state index contributed by atoms with van der Waals surface area (Å²) in [5, 5.41) is 21.4. The molecule has 0 radical (unpaired) electrons. The predicted molar refractivity (Wildman–Crippen MR) is 121 cm³/mol. The summed E-state index contributed by atoms with van der Waals surface area (Å²) in [4.78, 5) is 18.2. The molecule has 1 N–H and O–H groups in total. The van der Waals surface area contributed by atoms with Gasteiger partial charge in [0, 0.05) is 21.0 Å². The zero-order chi connectivity index (χ0) is 23.7. The number of nitrogens with one attached hydrogen (secondary N) is 1. The number of aromatic nitrogens is 3. The number of carbonyl (C=O) groups is 1. The molecule has 4 rings (SSSR count). The van der Waals surface area contributed by atoms with Crippen LogP contribution in [0, 0.1) is 25.2 Å². The van der Waals surface area contributed by atoms with Crippen LogP contribution in [0.3, 0.4) is 0 Å². The van der Waals surface area contributed by atoms with Crippen molar-refractivity contribution >= 4 is 34.6 Å². The molecule has 0 unspecified atom stereocenters. The van der Waals surface area contributed by atoms with Crippen LogP contribution in [0.5, 0.6) is 0 Å². The van der Waals surface area contributed by atoms with E-state index in [1.807, 2.05) is 23.6 Å². The molecule has 1 aromatic carbocycles. The molecule has 1 atom stereocenters. The van der Waals surface area contributed by atoms with Crippen LogP contribution in [0.15, 0.2) is 29.3 Å². The minimum absolute atomic E-state index is 0.166. The SMILES string of the molecule is Cc1c(CC#N)sc2c1C(c1ccc(Cl)cc1)=N[C@@H](CC(=O)NCC(F)F)c1nnc(C)n1-2. The van der Waals surface area contributed by atoms with Crippen molar-refractivity contribution in [2.75, 3.05) is 6.54 Å². The Balaban J connectivity index is 1.90. The van der Waals surface area contributed by atoms with Gasteiger partial charge in [-0.1, -0.05) is 23.7 Å². The molecule has 170 valence electrons. The van der Waals surface area contributed by atoms with Crippen LogP contribution in [0.2, 0.25) is 5.02 Å². The summed E-state index contributed by atoms with van der Waals surface area (Å²) in [5.41, 5.74) is 3.13. The van der Waals surface area contributed by atoms with E-state index in [4.69, 9.17) is 16.6 Å². The molecular formula is C22H19ClF2N6OS. The van der Waals surface area contributed by atoms with Crippen LogP contribution in [-0.2, 0) is 11.2 Å². The molecule has 1 aliphatic rings. The first-order valence-corrected chi connectivity index (χ1v) is 11.3. The highest BCUT2D eigenvalue weighted by Gasteiger charge is 2.32. The second-order valence-corrected chi connectivity index (χ2v) is 9.03. The highest BCUT2D eigenvalue weighted by atomic mass is 35.5. The number of hydrogen-bond donors (Lipinski definition) is 1. The third-order valence-electron chi connectivity index (χ3n) is 5.29. The third-order valence-corrected chi connectivity index (χ3v) is 6.82. The molecule has 0 spiro atoms. The minimum Gasteiger partial charge on any atom is -0.350 e. The smallest absolute Gasteiger partial charge is 0.255 e. The molecule has 1 amide bonds. The lowest BCUT2D eigenvalue weighted by Gasteiger charge is -2.13. The summed E-state index contributed by atoms with van der Waals surface area (Å²) in [6.45, 7) is 3.00. The van der Waals surface area contributed by atoms with E-state index in [-0.39, 0.29) is 12.8 Å². The van der Waals surface area contributed by atoms with Crippen molar-refractivity contribution in [2.24, 2.45) is 4.99 Å². The molecule has 0 fully saturated rings. The van der Waals surface area contributed by atoms with Gasteiger partial charge in [0.15, 0.2) is 5.82 Å². The van der Waals surface area contributed by atoms with Crippen molar-refractivity contribution in [3.8, 4) is 11.1 Å². The maximum atomic E-state index is 12.6. The quantitative estimate of drug-likeness (QED) is 0.558. The van der Waals surface area contributed by atoms with Crippen molar-refractivity contribution < 1.29 is 13.6 Å². The van der Waals surface area contributed by atoms with E-state index in [0.29, 0.717) is 22.4 Å². The number of fused-ring (bicyclic) bond motifs is 3. The highest BCUT2D eigenvalue weighted by molar-refractivity contribution is 7.15. The van der Waals surface area contributed by atoms with E-state index >= 15 is 0 Å². The first-order valence-electron chi connectivity index (χ1n) is 10.1. The zero-order valence-corrected chi connectivity index (χ0v) is 19.3. The number of hydrogen-bond acceptors (Lipinski definition) is 6. The molecule has 11 heteroatoms. The Bertz CT molecular complexity index is 1280. The van der Waals surface area contributed by atoms with Gasteiger partial charge < -0.3 is 5.32 Å². The fraction of sp³-hybridized carbons (Fsp3) is 0.318. The maximum Gasteiger partial charge on any atom is 0.255 e. The van der Waals surface area contributed by atoms with E-state index in [2.05, 4.69) is 21.6 Å². The van der Waals surface area contributed by atoms with E-state index in [0.717, 1.165) is 26.6 Å². The lowest BCUT2D eigenvalue weighted by atomic mass is 9.99. The number of rotatable bonds is 6. The standard InChI is InChI=1S/C22H19ClF2N6OS/c1-11-16(7-8-26)33-22-19(11)20(13-3-5-14(23)6-4-13)28-15(9-18(32)27-10-17(24)25)21-30-29-12(2)31(21)22/h3-6,15,17H,7,9-10H2,1-2H3,(H,27,32)/t15-/m0/s1. The summed E-state index contributed by atoms with van der Waals surface area (Å²) >= 11 is 7.54. The Morgan fingerprint density at radius 1 is 1.30 bits per heavy atom. The normalized spacial score (nSPS) is 14.8. The van der Waals surface area contributed by atoms with Crippen molar-refractivity contribution in [1.29, 1.82) is 5.26 Å². The minimum atomic E-state index is -2.64. The Kier molecular flexibility index (Phi) is 6.54. The van der Waals surface area contributed by atoms with Crippen LogP contribution in [0.25, 0.3) is 5.00 Å². The topological polar surface area (TPSA) is 96.0 Å². The van der Waals surface area contributed by atoms with Crippen LogP contribution < -0.4 is 5.32 Å². The fourth-order valence-corrected chi connectivity index (χ4v) is 5.17. The molecule has 0 aliphatic carbocycles. The summed E-state index contributed by atoms with van der Waals surface area (Å²) in [6, 6.07) is 8.62. The van der Waals surface area contributed by atoms with Gasteiger partial charge in [-0.2, -0.15) is 5.26 Å². The number of aliphatic imine (C=N–C) groups is 1. The van der Waals surface area contributed by atoms with E-state index in [1.54, 1.807) is 19.1 Å². The summed E-state index contributed by atoms with van der Waals surface area (Å²) in [7, 11) is 0. The molecule has 1 aliphatic heterocycles. The van der Waals surface area contributed by atoms with Gasteiger partial charge in [0.1, 0.15) is 16.9 Å². The van der Waals surface area contributed by atoms with Crippen LogP contribution in [-0.4, -0.2) is 39.4 Å². The second kappa shape index (κ2) is 9.37. The Labute approximate surface area is 197 Å².